The van der Waals surface area contributed by atoms with E-state index in [2.05, 4.69) is 0 Å². The summed E-state index contributed by atoms with van der Waals surface area (Å²) in [4.78, 5) is 0. The number of hydrogen-bond donors (Lipinski definition) is 1. The highest BCUT2D eigenvalue weighted by atomic mass is 19.3. The zero-order chi connectivity index (χ0) is 14.4. The summed E-state index contributed by atoms with van der Waals surface area (Å²) >= 11 is 0. The fraction of sp³-hybridized carbons (Fsp3) is 0.538. The Kier molecular flexibility index (Phi) is 3.35. The van der Waals surface area contributed by atoms with E-state index in [-0.39, 0.29) is 5.56 Å². The fourth-order valence-electron chi connectivity index (χ4n) is 1.97. The van der Waals surface area contributed by atoms with Gasteiger partial charge >= 0.3 is 7.12 Å². The third kappa shape index (κ3) is 2.47. The second-order valence-electron chi connectivity index (χ2n) is 5.78. The van der Waals surface area contributed by atoms with E-state index in [0.717, 1.165) is 0 Å². The van der Waals surface area contributed by atoms with Crippen LogP contribution in [0.2, 0.25) is 0 Å². The maximum Gasteiger partial charge on any atom is 0.495 e. The Morgan fingerprint density at radius 2 is 1.63 bits per heavy atom. The first-order valence-electron chi connectivity index (χ1n) is 6.17. The van der Waals surface area contributed by atoms with Crippen LogP contribution in [0.3, 0.4) is 0 Å². The normalized spacial score (nSPS) is 21.1. The molecule has 0 radical (unpaired) electrons. The molecule has 0 unspecified atom stereocenters. The van der Waals surface area contributed by atoms with Gasteiger partial charge in [-0.1, -0.05) is 6.07 Å². The number of alkyl halides is 2. The molecule has 0 spiro atoms. The maximum absolute atomic E-state index is 13.1. The van der Waals surface area contributed by atoms with Crippen molar-refractivity contribution in [1.82, 2.24) is 0 Å². The highest BCUT2D eigenvalue weighted by molar-refractivity contribution is 6.62. The van der Waals surface area contributed by atoms with Gasteiger partial charge in [-0.15, -0.1) is 0 Å². The van der Waals surface area contributed by atoms with Gasteiger partial charge in [-0.2, -0.15) is 0 Å². The smallest absolute Gasteiger partial charge is 0.399 e. The summed E-state index contributed by atoms with van der Waals surface area (Å²) in [5.74, 6) is 0. The molecule has 0 aromatic heterocycles. The molecule has 104 valence electrons. The number of halogens is 2. The molecule has 0 amide bonds. The average molecular weight is 269 g/mol. The Bertz CT molecular complexity index is 476. The molecule has 0 saturated carbocycles. The van der Waals surface area contributed by atoms with Crippen LogP contribution in [0.25, 0.3) is 0 Å². The molecule has 6 heteroatoms. The van der Waals surface area contributed by atoms with Crippen molar-refractivity contribution in [1.29, 1.82) is 0 Å². The van der Waals surface area contributed by atoms with Crippen molar-refractivity contribution < 1.29 is 18.1 Å². The molecule has 1 aromatic rings. The first kappa shape index (κ1) is 14.3. The molecule has 1 aliphatic heterocycles. The van der Waals surface area contributed by atoms with E-state index in [9.17, 15) is 8.78 Å². The van der Waals surface area contributed by atoms with Crippen LogP contribution in [0.5, 0.6) is 0 Å². The topological polar surface area (TPSA) is 44.5 Å². The summed E-state index contributed by atoms with van der Waals surface area (Å²) in [6.07, 6.45) is -2.61. The van der Waals surface area contributed by atoms with Crippen LogP contribution in [-0.4, -0.2) is 18.3 Å². The molecule has 1 fully saturated rings. The molecule has 3 nitrogen and oxygen atoms in total. The second-order valence-corrected chi connectivity index (χ2v) is 5.78. The van der Waals surface area contributed by atoms with E-state index in [1.54, 1.807) is 12.1 Å². The standard InChI is InChI=1S/C13H18BF2NO2/c1-12(2)13(3,4)19-14(18-12)10-6-5-8(17)7-9(10)11(15)16/h5-7,11H,17H2,1-4H3. The van der Waals surface area contributed by atoms with Gasteiger partial charge in [-0.05, 0) is 45.3 Å². The molecule has 1 aliphatic rings. The van der Waals surface area contributed by atoms with Crippen molar-refractivity contribution in [2.75, 3.05) is 5.73 Å². The van der Waals surface area contributed by atoms with E-state index in [4.69, 9.17) is 15.0 Å². The van der Waals surface area contributed by atoms with Crippen molar-refractivity contribution >= 4 is 18.3 Å². The van der Waals surface area contributed by atoms with Gasteiger partial charge in [0.15, 0.2) is 0 Å². The van der Waals surface area contributed by atoms with Gasteiger partial charge in [0.25, 0.3) is 6.43 Å². The van der Waals surface area contributed by atoms with Crippen LogP contribution in [0.4, 0.5) is 14.5 Å². The Hall–Kier alpha value is -1.14. The molecule has 2 N–H and O–H groups in total. The van der Waals surface area contributed by atoms with E-state index in [1.807, 2.05) is 27.7 Å². The molecule has 19 heavy (non-hydrogen) atoms. The van der Waals surface area contributed by atoms with Gasteiger partial charge in [0.2, 0.25) is 0 Å². The van der Waals surface area contributed by atoms with Gasteiger partial charge in [-0.3, -0.25) is 0 Å². The summed E-state index contributed by atoms with van der Waals surface area (Å²) in [7, 11) is -0.797. The first-order chi connectivity index (χ1) is 8.64. The highest BCUT2D eigenvalue weighted by Gasteiger charge is 2.52. The summed E-state index contributed by atoms with van der Waals surface area (Å²) in [6, 6.07) is 4.39. The number of anilines is 1. The Labute approximate surface area is 112 Å². The predicted molar refractivity (Wildman–Crippen MR) is 71.5 cm³/mol. The lowest BCUT2D eigenvalue weighted by atomic mass is 9.76. The van der Waals surface area contributed by atoms with Gasteiger partial charge < -0.3 is 15.0 Å². The van der Waals surface area contributed by atoms with Crippen LogP contribution in [0, 0.1) is 0 Å². The fourth-order valence-corrected chi connectivity index (χ4v) is 1.97. The molecule has 1 aromatic carbocycles. The lowest BCUT2D eigenvalue weighted by Crippen LogP contribution is -2.41. The van der Waals surface area contributed by atoms with E-state index in [0.29, 0.717) is 11.2 Å². The van der Waals surface area contributed by atoms with E-state index < -0.39 is 24.7 Å². The van der Waals surface area contributed by atoms with E-state index >= 15 is 0 Å². The summed E-state index contributed by atoms with van der Waals surface area (Å²) in [6.45, 7) is 7.53. The van der Waals surface area contributed by atoms with Crippen molar-refractivity contribution in [3.8, 4) is 0 Å². The quantitative estimate of drug-likeness (QED) is 0.662. The van der Waals surface area contributed by atoms with Gasteiger partial charge in [0.1, 0.15) is 0 Å². The Morgan fingerprint density at radius 1 is 1.11 bits per heavy atom. The highest BCUT2D eigenvalue weighted by Crippen LogP contribution is 2.37. The average Bonchev–Trinajstić information content (AvgIpc) is 2.47. The van der Waals surface area contributed by atoms with Gasteiger partial charge in [0.05, 0.1) is 11.2 Å². The summed E-state index contributed by atoms with van der Waals surface area (Å²) in [5.41, 5.74) is 4.94. The summed E-state index contributed by atoms with van der Waals surface area (Å²) in [5, 5.41) is 0. The number of benzene rings is 1. The molecule has 2 rings (SSSR count). The van der Waals surface area contributed by atoms with E-state index in [1.165, 1.54) is 6.07 Å². The van der Waals surface area contributed by atoms with Gasteiger partial charge in [0, 0.05) is 11.3 Å². The zero-order valence-electron chi connectivity index (χ0n) is 11.5. The third-order valence-electron chi connectivity index (χ3n) is 3.85. The van der Waals surface area contributed by atoms with Crippen molar-refractivity contribution in [3.63, 3.8) is 0 Å². The molecule has 1 saturated heterocycles. The maximum atomic E-state index is 13.1. The van der Waals surface area contributed by atoms with Crippen molar-refractivity contribution in [2.45, 2.75) is 45.3 Å². The van der Waals surface area contributed by atoms with Crippen molar-refractivity contribution in [2.24, 2.45) is 0 Å². The molecule has 0 bridgehead atoms. The van der Waals surface area contributed by atoms with Crippen LogP contribution in [0.15, 0.2) is 18.2 Å². The number of nitrogens with two attached hydrogens (primary N) is 1. The van der Waals surface area contributed by atoms with Crippen molar-refractivity contribution in [3.05, 3.63) is 23.8 Å². The monoisotopic (exact) mass is 269 g/mol. The Morgan fingerprint density at radius 3 is 2.11 bits per heavy atom. The lowest BCUT2D eigenvalue weighted by molar-refractivity contribution is 0.00578. The van der Waals surface area contributed by atoms with Crippen LogP contribution in [-0.2, 0) is 9.31 Å². The largest absolute Gasteiger partial charge is 0.495 e. The third-order valence-corrected chi connectivity index (χ3v) is 3.85. The SMILES string of the molecule is CC1(C)OB(c2ccc(N)cc2C(F)F)OC1(C)C. The lowest BCUT2D eigenvalue weighted by Gasteiger charge is -2.32. The second kappa shape index (κ2) is 4.46. The molecule has 0 atom stereocenters. The first-order valence-corrected chi connectivity index (χ1v) is 6.17. The number of hydrogen-bond acceptors (Lipinski definition) is 3. The minimum Gasteiger partial charge on any atom is -0.399 e. The molecule has 0 aliphatic carbocycles. The minimum absolute atomic E-state index is 0.140. The Balaban J connectivity index is 2.39. The summed E-state index contributed by atoms with van der Waals surface area (Å²) < 4.78 is 37.7. The van der Waals surface area contributed by atoms with Crippen LogP contribution in [0.1, 0.15) is 39.7 Å². The predicted octanol–water partition coefficient (Wildman–Crippen LogP) is 2.51. The number of nitrogen functional groups attached to an aromatic ring is 1. The van der Waals surface area contributed by atoms with Crippen LogP contribution >= 0.6 is 0 Å². The molecular weight excluding hydrogens is 251 g/mol. The minimum atomic E-state index is -2.61. The zero-order valence-corrected chi connectivity index (χ0v) is 11.5. The molecular formula is C13H18BF2NO2. The molecule has 1 heterocycles. The van der Waals surface area contributed by atoms with Gasteiger partial charge in [-0.25, -0.2) is 8.78 Å². The van der Waals surface area contributed by atoms with Crippen LogP contribution < -0.4 is 11.2 Å². The number of rotatable bonds is 2.